The molecule has 1 heterocycles. The van der Waals surface area contributed by atoms with Gasteiger partial charge in [-0.15, -0.1) is 0 Å². The fourth-order valence-corrected chi connectivity index (χ4v) is 2.26. The number of piperidine rings is 1. The molecule has 0 spiro atoms. The average Bonchev–Trinajstić information content (AvgIpc) is 2.34. The van der Waals surface area contributed by atoms with Gasteiger partial charge in [0, 0.05) is 18.6 Å². The van der Waals surface area contributed by atoms with Gasteiger partial charge in [-0.1, -0.05) is 0 Å². The second-order valence-electron chi connectivity index (χ2n) is 6.36. The first-order chi connectivity index (χ1) is 9.19. The number of likely N-dealkylation sites (tertiary alicyclic amines) is 1. The molecule has 1 unspecified atom stereocenters. The number of hydrogen-bond donors (Lipinski definition) is 2. The Bertz CT molecular complexity index is 344. The lowest BCUT2D eigenvalue weighted by Gasteiger charge is -2.36. The molecule has 0 bridgehead atoms. The second kappa shape index (κ2) is 7.04. The Morgan fingerprint density at radius 3 is 2.35 bits per heavy atom. The summed E-state index contributed by atoms with van der Waals surface area (Å²) >= 11 is 0. The quantitative estimate of drug-likeness (QED) is 0.783. The molecule has 1 atom stereocenters. The molecule has 2 N–H and O–H groups in total. The Hall–Kier alpha value is -1.14. The third kappa shape index (κ3) is 5.88. The maximum absolute atomic E-state index is 12.1. The van der Waals surface area contributed by atoms with Crippen molar-refractivity contribution in [3.8, 4) is 0 Å². The highest BCUT2D eigenvalue weighted by Gasteiger charge is 2.28. The van der Waals surface area contributed by atoms with E-state index in [0.717, 1.165) is 25.9 Å². The van der Waals surface area contributed by atoms with Gasteiger partial charge in [-0.3, -0.25) is 9.69 Å². The number of aliphatic carboxylic acids is 1. The van der Waals surface area contributed by atoms with Gasteiger partial charge in [0.25, 0.3) is 0 Å². The highest BCUT2D eigenvalue weighted by atomic mass is 16.5. The van der Waals surface area contributed by atoms with Gasteiger partial charge in [0.1, 0.15) is 6.61 Å². The van der Waals surface area contributed by atoms with Crippen LogP contribution in [0.3, 0.4) is 0 Å². The minimum absolute atomic E-state index is 0.0137. The summed E-state index contributed by atoms with van der Waals surface area (Å²) in [6.07, 6.45) is 1.51. The first kappa shape index (κ1) is 16.9. The summed E-state index contributed by atoms with van der Waals surface area (Å²) in [7, 11) is 0. The first-order valence-electron chi connectivity index (χ1n) is 7.08. The van der Waals surface area contributed by atoms with Crippen LogP contribution < -0.4 is 5.32 Å². The topological polar surface area (TPSA) is 78.9 Å². The normalized spacial score (nSPS) is 19.6. The van der Waals surface area contributed by atoms with E-state index in [1.807, 2.05) is 27.7 Å². The molecular formula is C14H26N2O4. The average molecular weight is 286 g/mol. The van der Waals surface area contributed by atoms with Crippen molar-refractivity contribution in [2.45, 2.75) is 58.2 Å². The van der Waals surface area contributed by atoms with Gasteiger partial charge in [0.05, 0.1) is 12.1 Å². The molecule has 0 saturated carbocycles. The van der Waals surface area contributed by atoms with Crippen LogP contribution in [-0.4, -0.2) is 59.3 Å². The third-order valence-corrected chi connectivity index (χ3v) is 3.34. The van der Waals surface area contributed by atoms with Gasteiger partial charge in [-0.25, -0.2) is 4.79 Å². The van der Waals surface area contributed by atoms with E-state index in [9.17, 15) is 9.59 Å². The number of rotatable bonds is 5. The molecule has 0 radical (unpaired) electrons. The molecule has 1 aliphatic heterocycles. The Kier molecular flexibility index (Phi) is 5.95. The van der Waals surface area contributed by atoms with Crippen molar-refractivity contribution in [1.29, 1.82) is 0 Å². The number of amides is 1. The van der Waals surface area contributed by atoms with Crippen LogP contribution in [-0.2, 0) is 14.3 Å². The Morgan fingerprint density at radius 2 is 1.90 bits per heavy atom. The van der Waals surface area contributed by atoms with Crippen molar-refractivity contribution < 1.29 is 19.4 Å². The van der Waals surface area contributed by atoms with Crippen LogP contribution in [0.5, 0.6) is 0 Å². The van der Waals surface area contributed by atoms with Crippen molar-refractivity contribution in [3.05, 3.63) is 0 Å². The fourth-order valence-electron chi connectivity index (χ4n) is 2.26. The molecule has 1 fully saturated rings. The maximum atomic E-state index is 12.1. The van der Waals surface area contributed by atoms with E-state index in [1.165, 1.54) is 0 Å². The third-order valence-electron chi connectivity index (χ3n) is 3.34. The standard InChI is InChI=1S/C14H26N2O4/c1-10(13(19)15-14(2,3)4)16-7-5-11(6-8-16)20-9-12(17)18/h10-11H,5-9H2,1-4H3,(H,15,19)(H,17,18). The number of hydrogen-bond acceptors (Lipinski definition) is 4. The number of nitrogens with one attached hydrogen (secondary N) is 1. The molecule has 0 aromatic carbocycles. The highest BCUT2D eigenvalue weighted by molar-refractivity contribution is 5.81. The van der Waals surface area contributed by atoms with E-state index in [0.29, 0.717) is 0 Å². The molecule has 1 aliphatic rings. The van der Waals surface area contributed by atoms with Crippen LogP contribution in [0.4, 0.5) is 0 Å². The molecule has 1 saturated heterocycles. The van der Waals surface area contributed by atoms with Gasteiger partial charge in [0.15, 0.2) is 0 Å². The largest absolute Gasteiger partial charge is 0.480 e. The zero-order chi connectivity index (χ0) is 15.3. The number of nitrogens with zero attached hydrogens (tertiary/aromatic N) is 1. The molecule has 0 aromatic heterocycles. The van der Waals surface area contributed by atoms with Crippen LogP contribution >= 0.6 is 0 Å². The molecule has 6 nitrogen and oxygen atoms in total. The molecule has 0 aromatic rings. The van der Waals surface area contributed by atoms with Gasteiger partial charge < -0.3 is 15.2 Å². The predicted octanol–water partition coefficient (Wildman–Crippen LogP) is 0.855. The minimum Gasteiger partial charge on any atom is -0.480 e. The van der Waals surface area contributed by atoms with Gasteiger partial charge in [-0.05, 0) is 40.5 Å². The highest BCUT2D eigenvalue weighted by Crippen LogP contribution is 2.16. The molecular weight excluding hydrogens is 260 g/mol. The fraction of sp³-hybridized carbons (Fsp3) is 0.857. The Balaban J connectivity index is 2.37. The number of carbonyl (C=O) groups is 2. The number of carboxylic acid groups (broad SMARTS) is 1. The van der Waals surface area contributed by atoms with E-state index in [2.05, 4.69) is 10.2 Å². The van der Waals surface area contributed by atoms with Gasteiger partial charge in [-0.2, -0.15) is 0 Å². The van der Waals surface area contributed by atoms with Crippen LogP contribution in [0.15, 0.2) is 0 Å². The monoisotopic (exact) mass is 286 g/mol. The predicted molar refractivity (Wildman–Crippen MR) is 75.5 cm³/mol. The summed E-state index contributed by atoms with van der Waals surface area (Å²) in [6, 6.07) is -0.172. The van der Waals surface area contributed by atoms with E-state index < -0.39 is 5.97 Å². The zero-order valence-electron chi connectivity index (χ0n) is 12.8. The van der Waals surface area contributed by atoms with Gasteiger partial charge in [0.2, 0.25) is 5.91 Å². The number of ether oxygens (including phenoxy) is 1. The van der Waals surface area contributed by atoms with Crippen molar-refractivity contribution in [3.63, 3.8) is 0 Å². The zero-order valence-corrected chi connectivity index (χ0v) is 12.8. The van der Waals surface area contributed by atoms with Gasteiger partial charge >= 0.3 is 5.97 Å². The van der Waals surface area contributed by atoms with E-state index in [4.69, 9.17) is 9.84 Å². The van der Waals surface area contributed by atoms with Crippen molar-refractivity contribution in [1.82, 2.24) is 10.2 Å². The molecule has 6 heteroatoms. The number of carbonyl (C=O) groups excluding carboxylic acids is 1. The Morgan fingerprint density at radius 1 is 1.35 bits per heavy atom. The van der Waals surface area contributed by atoms with Crippen molar-refractivity contribution in [2.75, 3.05) is 19.7 Å². The smallest absolute Gasteiger partial charge is 0.329 e. The van der Waals surface area contributed by atoms with Crippen LogP contribution in [0, 0.1) is 0 Å². The van der Waals surface area contributed by atoms with E-state index >= 15 is 0 Å². The summed E-state index contributed by atoms with van der Waals surface area (Å²) in [4.78, 5) is 24.7. The van der Waals surface area contributed by atoms with E-state index in [1.54, 1.807) is 0 Å². The lowest BCUT2D eigenvalue weighted by atomic mass is 10.0. The molecule has 1 amide bonds. The second-order valence-corrected chi connectivity index (χ2v) is 6.36. The van der Waals surface area contributed by atoms with Crippen molar-refractivity contribution >= 4 is 11.9 Å². The minimum atomic E-state index is -0.939. The van der Waals surface area contributed by atoms with Crippen molar-refractivity contribution in [2.24, 2.45) is 0 Å². The summed E-state index contributed by atoms with van der Waals surface area (Å²) in [5, 5.41) is 11.6. The van der Waals surface area contributed by atoms with Crippen LogP contribution in [0.2, 0.25) is 0 Å². The molecule has 1 rings (SSSR count). The lowest BCUT2D eigenvalue weighted by molar-refractivity contribution is -0.145. The number of carboxylic acids is 1. The summed E-state index contributed by atoms with van der Waals surface area (Å²) in [5.41, 5.74) is -0.228. The molecule has 116 valence electrons. The molecule has 0 aliphatic carbocycles. The Labute approximate surface area is 120 Å². The first-order valence-corrected chi connectivity index (χ1v) is 7.08. The summed E-state index contributed by atoms with van der Waals surface area (Å²) < 4.78 is 5.29. The SMILES string of the molecule is CC(C(=O)NC(C)(C)C)N1CCC(OCC(=O)O)CC1. The lowest BCUT2D eigenvalue weighted by Crippen LogP contribution is -2.53. The molecule has 20 heavy (non-hydrogen) atoms. The van der Waals surface area contributed by atoms with Crippen LogP contribution in [0.1, 0.15) is 40.5 Å². The maximum Gasteiger partial charge on any atom is 0.329 e. The summed E-state index contributed by atoms with van der Waals surface area (Å²) in [5.74, 6) is -0.909. The van der Waals surface area contributed by atoms with E-state index in [-0.39, 0.29) is 30.2 Å². The van der Waals surface area contributed by atoms with Crippen LogP contribution in [0.25, 0.3) is 0 Å². The summed E-state index contributed by atoms with van der Waals surface area (Å²) in [6.45, 7) is 9.05.